The number of amides is 1. The topological polar surface area (TPSA) is 66.4 Å². The summed E-state index contributed by atoms with van der Waals surface area (Å²) in [6.45, 7) is 0.483. The lowest BCUT2D eigenvalue weighted by Crippen LogP contribution is -2.34. The zero-order chi connectivity index (χ0) is 17.9. The van der Waals surface area contributed by atoms with Crippen LogP contribution >= 0.6 is 11.8 Å². The summed E-state index contributed by atoms with van der Waals surface area (Å²) in [6, 6.07) is 20.0. The summed E-state index contributed by atoms with van der Waals surface area (Å²) in [5, 5.41) is 11.6. The quantitative estimate of drug-likeness (QED) is 0.642. The first-order valence-electron chi connectivity index (χ1n) is 8.30. The Balaban J connectivity index is 1.93. The van der Waals surface area contributed by atoms with E-state index in [1.165, 1.54) is 11.8 Å². The second-order valence-electron chi connectivity index (χ2n) is 5.81. The van der Waals surface area contributed by atoms with Gasteiger partial charge >= 0.3 is 5.97 Å². The van der Waals surface area contributed by atoms with Gasteiger partial charge in [0.25, 0.3) is 0 Å². The highest BCUT2D eigenvalue weighted by Crippen LogP contribution is 2.15. The summed E-state index contributed by atoms with van der Waals surface area (Å²) in [6.07, 6.45) is 1.37. The molecule has 25 heavy (non-hydrogen) atoms. The third kappa shape index (κ3) is 7.44. The Morgan fingerprint density at radius 3 is 1.92 bits per heavy atom. The summed E-state index contributed by atoms with van der Waals surface area (Å²) in [5.41, 5.74) is 2.28. The zero-order valence-corrected chi connectivity index (χ0v) is 14.9. The molecule has 0 aliphatic heterocycles. The number of carboxylic acid groups (broad SMARTS) is 1. The van der Waals surface area contributed by atoms with Gasteiger partial charge in [-0.05, 0) is 24.0 Å². The second kappa shape index (κ2) is 10.6. The minimum absolute atomic E-state index is 0.0173. The summed E-state index contributed by atoms with van der Waals surface area (Å²) < 4.78 is 0. The smallest absolute Gasteiger partial charge is 0.313 e. The first kappa shape index (κ1) is 19.1. The molecule has 0 saturated heterocycles. The molecule has 4 nitrogen and oxygen atoms in total. The Hall–Kier alpha value is -2.27. The molecular weight excluding hydrogens is 334 g/mol. The standard InChI is InChI=1S/C20H23NO3S/c22-19(23)15-25-12-11-21-20(24)18(13-16-7-3-1-4-8-16)14-17-9-5-2-6-10-17/h1-10,18H,11-15H2,(H,21,24)(H,22,23). The van der Waals surface area contributed by atoms with Gasteiger partial charge in [0.1, 0.15) is 0 Å². The monoisotopic (exact) mass is 357 g/mol. The van der Waals surface area contributed by atoms with Gasteiger partial charge in [-0.15, -0.1) is 11.8 Å². The van der Waals surface area contributed by atoms with Gasteiger partial charge in [-0.1, -0.05) is 60.7 Å². The Morgan fingerprint density at radius 2 is 1.44 bits per heavy atom. The maximum absolute atomic E-state index is 12.6. The first-order valence-corrected chi connectivity index (χ1v) is 9.45. The minimum atomic E-state index is -0.831. The van der Waals surface area contributed by atoms with E-state index in [9.17, 15) is 9.59 Å². The van der Waals surface area contributed by atoms with Gasteiger partial charge < -0.3 is 10.4 Å². The molecule has 0 aliphatic carbocycles. The van der Waals surface area contributed by atoms with E-state index in [0.29, 0.717) is 25.1 Å². The van der Waals surface area contributed by atoms with E-state index < -0.39 is 5.97 Å². The van der Waals surface area contributed by atoms with E-state index in [2.05, 4.69) is 5.32 Å². The predicted molar refractivity (Wildman–Crippen MR) is 102 cm³/mol. The second-order valence-corrected chi connectivity index (χ2v) is 6.92. The molecule has 2 aromatic rings. The van der Waals surface area contributed by atoms with Crippen molar-refractivity contribution in [3.8, 4) is 0 Å². The van der Waals surface area contributed by atoms with Gasteiger partial charge in [0.2, 0.25) is 5.91 Å². The van der Waals surface area contributed by atoms with Gasteiger partial charge in [0.05, 0.1) is 5.75 Å². The van der Waals surface area contributed by atoms with Crippen molar-refractivity contribution in [2.45, 2.75) is 12.8 Å². The molecule has 2 N–H and O–H groups in total. The average molecular weight is 357 g/mol. The molecular formula is C20H23NO3S. The van der Waals surface area contributed by atoms with E-state index in [1.807, 2.05) is 60.7 Å². The van der Waals surface area contributed by atoms with Crippen molar-refractivity contribution in [3.05, 3.63) is 71.8 Å². The third-order valence-corrected chi connectivity index (χ3v) is 4.74. The molecule has 0 aliphatic rings. The maximum atomic E-state index is 12.6. The van der Waals surface area contributed by atoms with Crippen LogP contribution in [0.2, 0.25) is 0 Å². The highest BCUT2D eigenvalue weighted by Gasteiger charge is 2.19. The van der Waals surface area contributed by atoms with Crippen LogP contribution < -0.4 is 5.32 Å². The van der Waals surface area contributed by atoms with Crippen LogP contribution in [0.4, 0.5) is 0 Å². The molecule has 0 bridgehead atoms. The van der Waals surface area contributed by atoms with Crippen molar-refractivity contribution in [1.29, 1.82) is 0 Å². The molecule has 0 aromatic heterocycles. The number of nitrogens with one attached hydrogen (secondary N) is 1. The largest absolute Gasteiger partial charge is 0.481 e. The van der Waals surface area contributed by atoms with Crippen molar-refractivity contribution in [1.82, 2.24) is 5.32 Å². The van der Waals surface area contributed by atoms with E-state index in [0.717, 1.165) is 11.1 Å². The minimum Gasteiger partial charge on any atom is -0.481 e. The van der Waals surface area contributed by atoms with E-state index in [4.69, 9.17) is 5.11 Å². The lowest BCUT2D eigenvalue weighted by Gasteiger charge is -2.17. The number of thioether (sulfide) groups is 1. The van der Waals surface area contributed by atoms with Crippen molar-refractivity contribution < 1.29 is 14.7 Å². The Labute approximate surface area is 152 Å². The predicted octanol–water partition coefficient (Wildman–Crippen LogP) is 3.02. The third-order valence-electron chi connectivity index (χ3n) is 3.79. The zero-order valence-electron chi connectivity index (χ0n) is 14.1. The van der Waals surface area contributed by atoms with Crippen LogP contribution in [0.5, 0.6) is 0 Å². The van der Waals surface area contributed by atoms with Crippen molar-refractivity contribution in [2.24, 2.45) is 5.92 Å². The lowest BCUT2D eigenvalue weighted by molar-refractivity contribution is -0.134. The molecule has 2 rings (SSSR count). The Kier molecular flexibility index (Phi) is 8.05. The van der Waals surface area contributed by atoms with E-state index in [-0.39, 0.29) is 17.6 Å². The lowest BCUT2D eigenvalue weighted by atomic mass is 9.92. The number of carbonyl (C=O) groups excluding carboxylic acids is 1. The highest BCUT2D eigenvalue weighted by molar-refractivity contribution is 7.99. The molecule has 0 spiro atoms. The van der Waals surface area contributed by atoms with Crippen LogP contribution in [0.3, 0.4) is 0 Å². The molecule has 5 heteroatoms. The molecule has 132 valence electrons. The highest BCUT2D eigenvalue weighted by atomic mass is 32.2. The van der Waals surface area contributed by atoms with Gasteiger partial charge in [-0.25, -0.2) is 0 Å². The first-order chi connectivity index (χ1) is 12.1. The van der Waals surface area contributed by atoms with Crippen molar-refractivity contribution >= 4 is 23.6 Å². The molecule has 0 unspecified atom stereocenters. The van der Waals surface area contributed by atoms with Gasteiger partial charge in [0, 0.05) is 18.2 Å². The average Bonchev–Trinajstić information content (AvgIpc) is 2.62. The summed E-state index contributed by atoms with van der Waals surface area (Å²) in [7, 11) is 0. The van der Waals surface area contributed by atoms with Crippen LogP contribution in [-0.2, 0) is 22.4 Å². The molecule has 0 radical (unpaired) electrons. The van der Waals surface area contributed by atoms with E-state index in [1.54, 1.807) is 0 Å². The van der Waals surface area contributed by atoms with Gasteiger partial charge in [-0.3, -0.25) is 9.59 Å². The number of benzene rings is 2. The fraction of sp³-hybridized carbons (Fsp3) is 0.300. The Morgan fingerprint density at radius 1 is 0.920 bits per heavy atom. The number of carbonyl (C=O) groups is 2. The van der Waals surface area contributed by atoms with Crippen LogP contribution in [0.15, 0.2) is 60.7 Å². The normalized spacial score (nSPS) is 10.6. The summed E-state index contributed by atoms with van der Waals surface area (Å²) in [4.78, 5) is 23.1. The molecule has 2 aromatic carbocycles. The fourth-order valence-electron chi connectivity index (χ4n) is 2.61. The molecule has 0 fully saturated rings. The maximum Gasteiger partial charge on any atom is 0.313 e. The molecule has 0 heterocycles. The van der Waals surface area contributed by atoms with Crippen LogP contribution in [0.25, 0.3) is 0 Å². The molecule has 1 amide bonds. The SMILES string of the molecule is O=C(O)CSCCNC(=O)C(Cc1ccccc1)Cc1ccccc1. The number of aliphatic carboxylic acids is 1. The fourth-order valence-corrected chi connectivity index (χ4v) is 3.17. The Bertz CT molecular complexity index is 620. The number of carboxylic acids is 1. The van der Waals surface area contributed by atoms with Crippen LogP contribution in [0, 0.1) is 5.92 Å². The van der Waals surface area contributed by atoms with Crippen LogP contribution in [0.1, 0.15) is 11.1 Å². The van der Waals surface area contributed by atoms with E-state index >= 15 is 0 Å². The van der Waals surface area contributed by atoms with Crippen molar-refractivity contribution in [2.75, 3.05) is 18.1 Å². The summed E-state index contributed by atoms with van der Waals surface area (Å²) in [5.74, 6) is -0.297. The van der Waals surface area contributed by atoms with Crippen molar-refractivity contribution in [3.63, 3.8) is 0 Å². The number of hydrogen-bond donors (Lipinski definition) is 2. The van der Waals surface area contributed by atoms with Crippen LogP contribution in [-0.4, -0.2) is 35.0 Å². The van der Waals surface area contributed by atoms with Gasteiger partial charge in [-0.2, -0.15) is 0 Å². The van der Waals surface area contributed by atoms with Gasteiger partial charge in [0.15, 0.2) is 0 Å². The summed E-state index contributed by atoms with van der Waals surface area (Å²) >= 11 is 1.31. The molecule has 0 saturated carbocycles. The number of rotatable bonds is 10. The number of hydrogen-bond acceptors (Lipinski definition) is 3. The molecule has 0 atom stereocenters.